The molecule has 12 aromatic rings. The number of ether oxygens (including phenoxy) is 2. The lowest BCUT2D eigenvalue weighted by Crippen LogP contribution is -2.32. The highest BCUT2D eigenvalue weighted by Gasteiger charge is 2.48. The van der Waals surface area contributed by atoms with Gasteiger partial charge in [-0.05, 0) is 281 Å². The van der Waals surface area contributed by atoms with Crippen molar-refractivity contribution in [2.45, 2.75) is 173 Å². The summed E-state index contributed by atoms with van der Waals surface area (Å²) < 4.78 is 20.1. The third-order valence-electron chi connectivity index (χ3n) is 22.5. The van der Waals surface area contributed by atoms with E-state index in [1.807, 2.05) is 0 Å². The van der Waals surface area contributed by atoms with Gasteiger partial charge in [0.05, 0.1) is 14.2 Å². The summed E-state index contributed by atoms with van der Waals surface area (Å²) in [6.45, 7) is 25.3. The van der Waals surface area contributed by atoms with Gasteiger partial charge in [0, 0.05) is 77.3 Å². The van der Waals surface area contributed by atoms with Gasteiger partial charge in [0.15, 0.2) is 0 Å². The van der Waals surface area contributed by atoms with Crippen molar-refractivity contribution < 1.29 is 9.47 Å². The predicted molar refractivity (Wildman–Crippen MR) is 503 cm³/mol. The molecule has 588 valence electrons. The van der Waals surface area contributed by atoms with Crippen LogP contribution in [0, 0.1) is 41.5 Å². The summed E-state index contributed by atoms with van der Waals surface area (Å²) >= 11 is 0. The molecule has 0 amide bonds. The molecule has 0 saturated carbocycles. The van der Waals surface area contributed by atoms with Gasteiger partial charge in [0.2, 0.25) is 0 Å². The van der Waals surface area contributed by atoms with E-state index >= 15 is 0 Å². The van der Waals surface area contributed by atoms with Crippen LogP contribution in [0.1, 0.15) is 193 Å². The number of unbranched alkanes of at least 4 members (excludes halogenated alkanes) is 2. The van der Waals surface area contributed by atoms with Crippen molar-refractivity contribution in [3.63, 3.8) is 0 Å². The molecule has 15 rings (SSSR count). The van der Waals surface area contributed by atoms with Gasteiger partial charge in [-0.1, -0.05) is 291 Å². The molecule has 0 radical (unpaired) electrons. The number of rotatable bonds is 27. The summed E-state index contributed by atoms with van der Waals surface area (Å²) in [5.41, 5.74) is 20.6. The molecule has 5 nitrogen and oxygen atoms in total. The Bertz CT molecular complexity index is 4580. The SMILES string of the molecule is CCCCN(P(c1ccc(OC)cc1)c1ccc(OC)cc1)P1[C@H](c2ccccc2)CC[C@H]1c1ccccc1.CCCCN(P(c1cccc(C)c1)c1cccc(C)c1)P1[C@H](c2ccccc2)CC[C@H]1c1ccccc1.Cc1cc(C)cc(P(c2cc(C)cc(C)c2)N(C(C)C)P2[C@H](c3ccccc3)CC[C@H]2c2ccccc2)c1. The molecule has 3 aliphatic rings. The third-order valence-corrected chi connectivity index (χ3v) is 42.4. The van der Waals surface area contributed by atoms with Crippen molar-refractivity contribution in [1.29, 1.82) is 0 Å². The van der Waals surface area contributed by atoms with E-state index in [0.29, 0.717) is 40.0 Å². The molecule has 0 aromatic heterocycles. The van der Waals surface area contributed by atoms with Crippen molar-refractivity contribution >= 4 is 80.3 Å². The smallest absolute Gasteiger partial charge is 0.118 e. The van der Waals surface area contributed by atoms with E-state index in [1.54, 1.807) is 14.2 Å². The van der Waals surface area contributed by atoms with Crippen molar-refractivity contribution in [3.8, 4) is 11.5 Å². The van der Waals surface area contributed by atoms with Crippen LogP contribution in [0.25, 0.3) is 0 Å². The van der Waals surface area contributed by atoms with Crippen LogP contribution in [0.5, 0.6) is 11.5 Å². The number of hydrogen-bond donors (Lipinski definition) is 0. The second-order valence-corrected chi connectivity index (χ2v) is 46.2. The Labute approximate surface area is 692 Å². The number of nitrogens with zero attached hydrogens (tertiary/aromatic N) is 3. The standard InChI is InChI=1S/C35H41NP2.C34H39NO2P2.C34H39NP2/c1-25(2)36(37(32-21-26(3)19-27(4)22-32)33-23-28(5)20-29(6)24-33)38-34(30-13-9-7-10-14-30)17-18-35(38)31-15-11-8-12-16-31;1-4-5-26-35(38(31-20-16-29(36-2)17-21-31)32-22-18-30(37-3)19-23-32)39-33(27-12-8-6-9-13-27)24-25-34(39)28-14-10-7-11-15-28;1-4-5-24-35(36(31-20-12-14-27(2)25-31)32-21-13-15-28(3)26-32)37-33(29-16-8-6-9-17-29)22-23-34(37)30-18-10-7-11-19-30/h7-16,19-25,34-35H,17-18H2,1-6H3;6-23,33-34H,4-5,24-26H2,1-3H3;6-21,25-26,33-34H,4-5,22-24H2,1-3H3/t34-,35-;2*33-,34-/m000/s1. The Morgan fingerprint density at radius 3 is 0.807 bits per heavy atom. The molecule has 0 unspecified atom stereocenters. The zero-order chi connectivity index (χ0) is 79.5. The van der Waals surface area contributed by atoms with Gasteiger partial charge in [-0.2, -0.15) is 0 Å². The highest BCUT2D eigenvalue weighted by molar-refractivity contribution is 7.81. The molecule has 0 aliphatic carbocycles. The first kappa shape index (κ1) is 84.6. The van der Waals surface area contributed by atoms with Crippen molar-refractivity contribution in [3.05, 3.63) is 382 Å². The Balaban J connectivity index is 0.000000149. The average molecular weight is 1620 g/mol. The van der Waals surface area contributed by atoms with Crippen LogP contribution in [0.15, 0.2) is 315 Å². The maximum atomic E-state index is 5.54. The van der Waals surface area contributed by atoms with Crippen LogP contribution in [0.4, 0.5) is 0 Å². The van der Waals surface area contributed by atoms with Gasteiger partial charge in [-0.3, -0.25) is 8.88 Å². The van der Waals surface area contributed by atoms with Crippen LogP contribution >= 0.6 is 48.4 Å². The first-order valence-corrected chi connectivity index (χ1v) is 49.9. The lowest BCUT2D eigenvalue weighted by Gasteiger charge is -2.45. The molecular weight excluding hydrogens is 1500 g/mol. The Hall–Kier alpha value is -7.30. The van der Waals surface area contributed by atoms with E-state index in [1.165, 1.54) is 163 Å². The van der Waals surface area contributed by atoms with Gasteiger partial charge in [-0.25, -0.2) is 4.44 Å². The molecule has 3 heterocycles. The average Bonchev–Trinajstić information content (AvgIpc) is 1.55. The minimum atomic E-state index is -0.755. The van der Waals surface area contributed by atoms with Gasteiger partial charge in [-0.15, -0.1) is 0 Å². The van der Waals surface area contributed by atoms with E-state index in [9.17, 15) is 0 Å². The third kappa shape index (κ3) is 21.0. The van der Waals surface area contributed by atoms with Crippen molar-refractivity contribution in [2.24, 2.45) is 0 Å². The topological polar surface area (TPSA) is 28.2 Å². The predicted octanol–water partition coefficient (Wildman–Crippen LogP) is 27.9. The first-order valence-electron chi connectivity index (χ1n) is 41.7. The molecular formula is C103H119N3O2P6. The molecule has 12 aromatic carbocycles. The van der Waals surface area contributed by atoms with E-state index in [4.69, 9.17) is 9.47 Å². The van der Waals surface area contributed by atoms with Crippen molar-refractivity contribution in [2.75, 3.05) is 27.3 Å². The largest absolute Gasteiger partial charge is 0.497 e. The normalized spacial score (nSPS) is 17.9. The van der Waals surface area contributed by atoms with Crippen LogP contribution in [-0.2, 0) is 0 Å². The Kier molecular flexibility index (Phi) is 30.9. The van der Waals surface area contributed by atoms with Crippen LogP contribution < -0.4 is 41.3 Å². The fraction of sp³-hybridized carbons (Fsp3) is 0.301. The molecule has 0 spiro atoms. The maximum Gasteiger partial charge on any atom is 0.118 e. The van der Waals surface area contributed by atoms with Crippen LogP contribution in [0.3, 0.4) is 0 Å². The van der Waals surface area contributed by atoms with Gasteiger partial charge in [0.25, 0.3) is 0 Å². The number of hydrogen-bond acceptors (Lipinski definition) is 5. The van der Waals surface area contributed by atoms with Crippen molar-refractivity contribution in [1.82, 2.24) is 13.3 Å². The minimum absolute atomic E-state index is 0.435. The Morgan fingerprint density at radius 2 is 0.553 bits per heavy atom. The van der Waals surface area contributed by atoms with E-state index in [0.717, 1.165) is 24.6 Å². The summed E-state index contributed by atoms with van der Waals surface area (Å²) in [6, 6.07) is 119. The molecule has 3 aliphatic heterocycles. The summed E-state index contributed by atoms with van der Waals surface area (Å²) in [5.74, 6) is 1.80. The van der Waals surface area contributed by atoms with Crippen LogP contribution in [0.2, 0.25) is 0 Å². The minimum Gasteiger partial charge on any atom is -0.497 e. The Morgan fingerprint density at radius 1 is 0.289 bits per heavy atom. The highest BCUT2D eigenvalue weighted by Crippen LogP contribution is 2.79. The molecule has 0 bridgehead atoms. The summed E-state index contributed by atoms with van der Waals surface area (Å²) in [4.78, 5) is 0. The zero-order valence-electron chi connectivity index (χ0n) is 69.4. The fourth-order valence-corrected chi connectivity index (χ4v) is 40.7. The molecule has 3 saturated heterocycles. The van der Waals surface area contributed by atoms with Crippen LogP contribution in [-0.4, -0.2) is 46.7 Å². The summed E-state index contributed by atoms with van der Waals surface area (Å²) in [5, 5.41) is 8.71. The lowest BCUT2D eigenvalue weighted by molar-refractivity contribution is 0.415. The molecule has 114 heavy (non-hydrogen) atoms. The fourth-order valence-electron chi connectivity index (χ4n) is 17.5. The lowest BCUT2D eigenvalue weighted by atomic mass is 10.0. The first-order chi connectivity index (χ1) is 55.7. The summed E-state index contributed by atoms with van der Waals surface area (Å²) in [6.07, 6.45) is 12.3. The number of benzene rings is 12. The van der Waals surface area contributed by atoms with Gasteiger partial charge >= 0.3 is 0 Å². The second-order valence-electron chi connectivity index (χ2n) is 31.4. The zero-order valence-corrected chi connectivity index (χ0v) is 74.8. The molecule has 0 N–H and O–H groups in total. The van der Waals surface area contributed by atoms with E-state index in [-0.39, 0.29) is 0 Å². The molecule has 6 atom stereocenters. The summed E-state index contributed by atoms with van der Waals surface area (Å²) in [7, 11) is -0.0570. The molecule has 3 fully saturated rings. The number of aryl methyl sites for hydroxylation is 6. The van der Waals surface area contributed by atoms with E-state index < -0.39 is 48.4 Å². The number of methoxy groups -OCH3 is 2. The monoisotopic (exact) mass is 1620 g/mol. The highest BCUT2D eigenvalue weighted by atomic mass is 31.2. The van der Waals surface area contributed by atoms with E-state index in [2.05, 4.69) is 398 Å². The quantitative estimate of drug-likeness (QED) is 0.0479. The maximum absolute atomic E-state index is 5.54. The van der Waals surface area contributed by atoms with Gasteiger partial charge < -0.3 is 9.47 Å². The van der Waals surface area contributed by atoms with Gasteiger partial charge in [0.1, 0.15) is 11.5 Å². The second kappa shape index (κ2) is 41.7. The molecule has 11 heteroatoms.